The lowest BCUT2D eigenvalue weighted by Crippen LogP contribution is -2.14. The van der Waals surface area contributed by atoms with Crippen molar-refractivity contribution in [1.82, 2.24) is 14.8 Å². The van der Waals surface area contributed by atoms with Crippen LogP contribution in [-0.4, -0.2) is 26.4 Å². The quantitative estimate of drug-likeness (QED) is 0.445. The first-order chi connectivity index (χ1) is 14.6. The molecule has 0 saturated carbocycles. The first-order valence-electron chi connectivity index (χ1n) is 9.59. The average Bonchev–Trinajstić information content (AvgIpc) is 3.12. The number of anilines is 1. The van der Waals surface area contributed by atoms with Gasteiger partial charge in [0.15, 0.2) is 11.0 Å². The van der Waals surface area contributed by atoms with E-state index >= 15 is 0 Å². The van der Waals surface area contributed by atoms with Crippen molar-refractivity contribution in [3.8, 4) is 5.75 Å². The molecule has 1 heterocycles. The predicted molar refractivity (Wildman–Crippen MR) is 120 cm³/mol. The SMILES string of the molecule is Cc1c(OCc2nnc(SCC(=O)Nc3ccccc3)n2C)ccc2ccccc12. The van der Waals surface area contributed by atoms with Gasteiger partial charge in [-0.2, -0.15) is 0 Å². The van der Waals surface area contributed by atoms with Gasteiger partial charge in [0.05, 0.1) is 5.75 Å². The topological polar surface area (TPSA) is 69.0 Å². The summed E-state index contributed by atoms with van der Waals surface area (Å²) in [5, 5.41) is 14.3. The van der Waals surface area contributed by atoms with E-state index in [9.17, 15) is 4.79 Å². The molecule has 4 rings (SSSR count). The fourth-order valence-corrected chi connectivity index (χ4v) is 3.88. The van der Waals surface area contributed by atoms with E-state index in [4.69, 9.17) is 4.74 Å². The maximum atomic E-state index is 12.1. The number of rotatable bonds is 7. The lowest BCUT2D eigenvalue weighted by molar-refractivity contribution is -0.113. The monoisotopic (exact) mass is 418 g/mol. The molecule has 0 aliphatic heterocycles. The second-order valence-electron chi connectivity index (χ2n) is 6.86. The Balaban J connectivity index is 1.36. The lowest BCUT2D eigenvalue weighted by Gasteiger charge is -2.11. The van der Waals surface area contributed by atoms with Gasteiger partial charge in [-0.3, -0.25) is 4.79 Å². The van der Waals surface area contributed by atoms with Crippen molar-refractivity contribution >= 4 is 34.1 Å². The van der Waals surface area contributed by atoms with Gasteiger partial charge < -0.3 is 14.6 Å². The molecule has 0 unspecified atom stereocenters. The molecule has 0 atom stereocenters. The molecule has 0 saturated heterocycles. The van der Waals surface area contributed by atoms with Crippen LogP contribution in [0, 0.1) is 6.92 Å². The van der Waals surface area contributed by atoms with Crippen LogP contribution >= 0.6 is 11.8 Å². The highest BCUT2D eigenvalue weighted by Crippen LogP contribution is 2.27. The molecule has 1 aromatic heterocycles. The number of nitrogens with zero attached hydrogens (tertiary/aromatic N) is 3. The summed E-state index contributed by atoms with van der Waals surface area (Å²) in [6, 6.07) is 21.7. The molecule has 7 heteroatoms. The van der Waals surface area contributed by atoms with Crippen molar-refractivity contribution in [3.63, 3.8) is 0 Å². The summed E-state index contributed by atoms with van der Waals surface area (Å²) in [6.07, 6.45) is 0. The van der Waals surface area contributed by atoms with E-state index in [0.29, 0.717) is 17.6 Å². The third kappa shape index (κ3) is 4.46. The van der Waals surface area contributed by atoms with Crippen LogP contribution in [0.2, 0.25) is 0 Å². The lowest BCUT2D eigenvalue weighted by atomic mass is 10.0. The largest absolute Gasteiger partial charge is 0.485 e. The van der Waals surface area contributed by atoms with Gasteiger partial charge in [-0.1, -0.05) is 60.3 Å². The molecule has 3 aromatic carbocycles. The highest BCUT2D eigenvalue weighted by Gasteiger charge is 2.13. The molecule has 0 radical (unpaired) electrons. The van der Waals surface area contributed by atoms with Gasteiger partial charge in [0.2, 0.25) is 5.91 Å². The van der Waals surface area contributed by atoms with E-state index in [2.05, 4.69) is 40.6 Å². The number of aromatic nitrogens is 3. The van der Waals surface area contributed by atoms with Crippen LogP contribution in [0.15, 0.2) is 71.9 Å². The van der Waals surface area contributed by atoms with E-state index in [0.717, 1.165) is 17.0 Å². The molecule has 152 valence electrons. The minimum absolute atomic E-state index is 0.0845. The van der Waals surface area contributed by atoms with Crippen molar-refractivity contribution in [1.29, 1.82) is 0 Å². The molecule has 1 amide bonds. The Morgan fingerprint density at radius 3 is 2.63 bits per heavy atom. The number of ether oxygens (including phenoxy) is 1. The molecule has 0 aliphatic carbocycles. The number of hydrogen-bond donors (Lipinski definition) is 1. The molecular weight excluding hydrogens is 396 g/mol. The van der Waals surface area contributed by atoms with Gasteiger partial charge >= 0.3 is 0 Å². The summed E-state index contributed by atoms with van der Waals surface area (Å²) < 4.78 is 7.88. The van der Waals surface area contributed by atoms with Crippen LogP contribution in [0.4, 0.5) is 5.69 Å². The van der Waals surface area contributed by atoms with Crippen LogP contribution in [-0.2, 0) is 18.4 Å². The van der Waals surface area contributed by atoms with Crippen LogP contribution in [0.5, 0.6) is 5.75 Å². The van der Waals surface area contributed by atoms with Crippen LogP contribution in [0.1, 0.15) is 11.4 Å². The Morgan fingerprint density at radius 2 is 1.80 bits per heavy atom. The van der Waals surface area contributed by atoms with E-state index < -0.39 is 0 Å². The molecule has 4 aromatic rings. The summed E-state index contributed by atoms with van der Waals surface area (Å²) in [5.74, 6) is 1.70. The number of carbonyl (C=O) groups is 1. The van der Waals surface area contributed by atoms with Gasteiger partial charge in [-0.25, -0.2) is 0 Å². The Hall–Kier alpha value is -3.32. The van der Waals surface area contributed by atoms with Crippen LogP contribution in [0.3, 0.4) is 0 Å². The number of carbonyl (C=O) groups excluding carboxylic acids is 1. The first kappa shape index (κ1) is 20.0. The summed E-state index contributed by atoms with van der Waals surface area (Å²) in [7, 11) is 1.88. The fourth-order valence-electron chi connectivity index (χ4n) is 3.15. The Bertz CT molecular complexity index is 1170. The number of fused-ring (bicyclic) bond motifs is 1. The number of para-hydroxylation sites is 1. The van der Waals surface area contributed by atoms with Crippen molar-refractivity contribution in [2.45, 2.75) is 18.7 Å². The highest BCUT2D eigenvalue weighted by molar-refractivity contribution is 7.99. The molecule has 30 heavy (non-hydrogen) atoms. The highest BCUT2D eigenvalue weighted by atomic mass is 32.2. The minimum Gasteiger partial charge on any atom is -0.485 e. The van der Waals surface area contributed by atoms with Crippen molar-refractivity contribution in [2.24, 2.45) is 7.05 Å². The van der Waals surface area contributed by atoms with Gasteiger partial charge in [0.25, 0.3) is 0 Å². The zero-order valence-electron chi connectivity index (χ0n) is 16.8. The number of thioether (sulfide) groups is 1. The maximum Gasteiger partial charge on any atom is 0.234 e. The van der Waals surface area contributed by atoms with E-state index in [-0.39, 0.29) is 11.7 Å². The number of aryl methyl sites for hydroxylation is 1. The third-order valence-corrected chi connectivity index (χ3v) is 5.84. The van der Waals surface area contributed by atoms with E-state index in [1.54, 1.807) is 0 Å². The molecule has 0 aliphatic rings. The molecule has 0 spiro atoms. The van der Waals surface area contributed by atoms with Crippen LogP contribution in [0.25, 0.3) is 10.8 Å². The smallest absolute Gasteiger partial charge is 0.234 e. The molecule has 1 N–H and O–H groups in total. The minimum atomic E-state index is -0.0845. The molecule has 0 fully saturated rings. The van der Waals surface area contributed by atoms with Crippen molar-refractivity contribution in [3.05, 3.63) is 78.1 Å². The Kier molecular flexibility index (Phi) is 5.99. The molecule has 6 nitrogen and oxygen atoms in total. The average molecular weight is 419 g/mol. The van der Waals surface area contributed by atoms with Gasteiger partial charge in [-0.15, -0.1) is 10.2 Å². The number of nitrogens with one attached hydrogen (secondary N) is 1. The summed E-state index contributed by atoms with van der Waals surface area (Å²) >= 11 is 1.34. The van der Waals surface area contributed by atoms with Crippen molar-refractivity contribution < 1.29 is 9.53 Å². The predicted octanol–water partition coefficient (Wildman–Crippen LogP) is 4.59. The van der Waals surface area contributed by atoms with E-state index in [1.165, 1.54) is 22.5 Å². The van der Waals surface area contributed by atoms with Gasteiger partial charge in [0.1, 0.15) is 12.4 Å². The summed E-state index contributed by atoms with van der Waals surface area (Å²) in [4.78, 5) is 12.1. The third-order valence-electron chi connectivity index (χ3n) is 4.82. The standard InChI is InChI=1S/C23H22N4O2S/c1-16-19-11-7-6-8-17(19)12-13-20(16)29-14-21-25-26-23(27(21)2)30-15-22(28)24-18-9-4-3-5-10-18/h3-13H,14-15H2,1-2H3,(H,24,28). The molecular formula is C23H22N4O2S. The van der Waals surface area contributed by atoms with Crippen molar-refractivity contribution in [2.75, 3.05) is 11.1 Å². The summed E-state index contributed by atoms with van der Waals surface area (Å²) in [6.45, 7) is 2.36. The normalized spacial score (nSPS) is 10.9. The zero-order chi connectivity index (χ0) is 20.9. The Morgan fingerprint density at radius 1 is 1.03 bits per heavy atom. The fraction of sp³-hybridized carbons (Fsp3) is 0.174. The van der Waals surface area contributed by atoms with Gasteiger partial charge in [0, 0.05) is 12.7 Å². The number of hydrogen-bond acceptors (Lipinski definition) is 5. The first-order valence-corrected chi connectivity index (χ1v) is 10.6. The maximum absolute atomic E-state index is 12.1. The zero-order valence-corrected chi connectivity index (χ0v) is 17.6. The summed E-state index contributed by atoms with van der Waals surface area (Å²) in [5.41, 5.74) is 1.88. The molecule has 0 bridgehead atoms. The second-order valence-corrected chi connectivity index (χ2v) is 7.80. The van der Waals surface area contributed by atoms with E-state index in [1.807, 2.05) is 60.1 Å². The van der Waals surface area contributed by atoms with Crippen LogP contribution < -0.4 is 10.1 Å². The number of amides is 1. The Labute approximate surface area is 179 Å². The second kappa shape index (κ2) is 9.00. The number of benzene rings is 3. The van der Waals surface area contributed by atoms with Gasteiger partial charge in [-0.05, 0) is 41.5 Å².